The standard InChI is InChI=1S/C13H13F2NO4S/c1-7-5-10(20-13(14)15)11(21-7)12(18)16-8(6-17)9-3-2-4-19-9/h2-5,8,13,17H,6H2,1H3,(H,16,18). The molecular weight excluding hydrogens is 304 g/mol. The van der Waals surface area contributed by atoms with Gasteiger partial charge in [-0.3, -0.25) is 4.79 Å². The minimum atomic E-state index is -3.01. The van der Waals surface area contributed by atoms with Gasteiger partial charge < -0.3 is 19.6 Å². The molecule has 0 aliphatic carbocycles. The summed E-state index contributed by atoms with van der Waals surface area (Å²) in [5.41, 5.74) is 0. The zero-order valence-electron chi connectivity index (χ0n) is 11.0. The zero-order valence-corrected chi connectivity index (χ0v) is 11.8. The normalized spacial score (nSPS) is 12.4. The lowest BCUT2D eigenvalue weighted by Crippen LogP contribution is -2.30. The fraction of sp³-hybridized carbons (Fsp3) is 0.308. The summed E-state index contributed by atoms with van der Waals surface area (Å²) < 4.78 is 34.1. The summed E-state index contributed by atoms with van der Waals surface area (Å²) in [6, 6.07) is 3.82. The Labute approximate surface area is 123 Å². The van der Waals surface area contributed by atoms with E-state index < -0.39 is 18.6 Å². The fourth-order valence-corrected chi connectivity index (χ4v) is 2.60. The summed E-state index contributed by atoms with van der Waals surface area (Å²) in [7, 11) is 0. The number of furan rings is 1. The van der Waals surface area contributed by atoms with Crippen molar-refractivity contribution in [3.8, 4) is 5.75 Å². The molecule has 0 radical (unpaired) electrons. The Balaban J connectivity index is 2.16. The number of hydrogen-bond acceptors (Lipinski definition) is 5. The van der Waals surface area contributed by atoms with Crippen LogP contribution in [0.1, 0.15) is 26.4 Å². The molecule has 0 spiro atoms. The van der Waals surface area contributed by atoms with Crippen LogP contribution in [-0.4, -0.2) is 24.2 Å². The van der Waals surface area contributed by atoms with Gasteiger partial charge >= 0.3 is 6.61 Å². The predicted octanol–water partition coefficient (Wildman–Crippen LogP) is 2.71. The van der Waals surface area contributed by atoms with E-state index in [1.54, 1.807) is 19.1 Å². The Bertz CT molecular complexity index is 597. The molecule has 2 N–H and O–H groups in total. The monoisotopic (exact) mass is 317 g/mol. The Morgan fingerprint density at radius 2 is 2.33 bits per heavy atom. The van der Waals surface area contributed by atoms with Crippen LogP contribution in [-0.2, 0) is 0 Å². The quantitative estimate of drug-likeness (QED) is 0.859. The van der Waals surface area contributed by atoms with Crippen molar-refractivity contribution >= 4 is 17.2 Å². The van der Waals surface area contributed by atoms with Crippen LogP contribution in [0.25, 0.3) is 0 Å². The number of amides is 1. The van der Waals surface area contributed by atoms with E-state index in [1.165, 1.54) is 12.3 Å². The lowest BCUT2D eigenvalue weighted by molar-refractivity contribution is -0.0498. The number of aliphatic hydroxyl groups excluding tert-OH is 1. The Morgan fingerprint density at radius 1 is 1.57 bits per heavy atom. The molecule has 0 saturated carbocycles. The summed E-state index contributed by atoms with van der Waals surface area (Å²) in [5.74, 6) is -0.421. The molecule has 0 aromatic carbocycles. The van der Waals surface area contributed by atoms with E-state index >= 15 is 0 Å². The number of halogens is 2. The van der Waals surface area contributed by atoms with Crippen LogP contribution in [0.4, 0.5) is 8.78 Å². The van der Waals surface area contributed by atoms with Crippen molar-refractivity contribution in [2.24, 2.45) is 0 Å². The van der Waals surface area contributed by atoms with Gasteiger partial charge in [-0.25, -0.2) is 0 Å². The maximum absolute atomic E-state index is 12.3. The highest BCUT2D eigenvalue weighted by Crippen LogP contribution is 2.30. The number of aliphatic hydroxyl groups is 1. The molecule has 1 amide bonds. The van der Waals surface area contributed by atoms with Crippen molar-refractivity contribution in [1.29, 1.82) is 0 Å². The highest BCUT2D eigenvalue weighted by molar-refractivity contribution is 7.14. The molecule has 0 bridgehead atoms. The summed E-state index contributed by atoms with van der Waals surface area (Å²) in [5, 5.41) is 11.8. The molecule has 2 aromatic heterocycles. The molecule has 0 aliphatic rings. The number of rotatable bonds is 6. The maximum Gasteiger partial charge on any atom is 0.387 e. The van der Waals surface area contributed by atoms with E-state index in [1.807, 2.05) is 0 Å². The third-order valence-electron chi connectivity index (χ3n) is 2.62. The molecule has 5 nitrogen and oxygen atoms in total. The number of thiophene rings is 1. The van der Waals surface area contributed by atoms with Gasteiger partial charge in [-0.05, 0) is 25.1 Å². The third kappa shape index (κ3) is 3.79. The lowest BCUT2D eigenvalue weighted by atomic mass is 10.2. The molecule has 1 unspecified atom stereocenters. The second-order valence-electron chi connectivity index (χ2n) is 4.15. The molecule has 2 heterocycles. The molecule has 2 rings (SSSR count). The summed E-state index contributed by atoms with van der Waals surface area (Å²) in [4.78, 5) is 12.8. The molecule has 2 aromatic rings. The average Bonchev–Trinajstić information content (AvgIpc) is 3.05. The first-order chi connectivity index (χ1) is 10.0. The Morgan fingerprint density at radius 3 is 2.90 bits per heavy atom. The molecule has 0 aliphatic heterocycles. The van der Waals surface area contributed by atoms with E-state index in [0.717, 1.165) is 11.3 Å². The van der Waals surface area contributed by atoms with Crippen LogP contribution in [0.5, 0.6) is 5.75 Å². The van der Waals surface area contributed by atoms with Gasteiger partial charge in [0.2, 0.25) is 0 Å². The summed E-state index contributed by atoms with van der Waals surface area (Å²) >= 11 is 1.03. The van der Waals surface area contributed by atoms with Gasteiger partial charge in [0.1, 0.15) is 22.4 Å². The number of nitrogens with one attached hydrogen (secondary N) is 1. The van der Waals surface area contributed by atoms with Crippen LogP contribution in [0.15, 0.2) is 28.9 Å². The lowest BCUT2D eigenvalue weighted by Gasteiger charge is -2.14. The van der Waals surface area contributed by atoms with Crippen molar-refractivity contribution in [3.63, 3.8) is 0 Å². The van der Waals surface area contributed by atoms with E-state index in [2.05, 4.69) is 10.1 Å². The van der Waals surface area contributed by atoms with Crippen LogP contribution in [0.3, 0.4) is 0 Å². The van der Waals surface area contributed by atoms with Crippen molar-refractivity contribution in [1.82, 2.24) is 5.32 Å². The van der Waals surface area contributed by atoms with E-state index in [4.69, 9.17) is 4.42 Å². The van der Waals surface area contributed by atoms with Gasteiger partial charge in [-0.15, -0.1) is 11.3 Å². The maximum atomic E-state index is 12.3. The van der Waals surface area contributed by atoms with E-state index in [-0.39, 0.29) is 17.2 Å². The number of ether oxygens (including phenoxy) is 1. The van der Waals surface area contributed by atoms with Crippen LogP contribution >= 0.6 is 11.3 Å². The van der Waals surface area contributed by atoms with Crippen LogP contribution < -0.4 is 10.1 Å². The number of carbonyl (C=O) groups excluding carboxylic acids is 1. The molecule has 0 saturated heterocycles. The SMILES string of the molecule is Cc1cc(OC(F)F)c(C(=O)NC(CO)c2ccco2)s1. The first-order valence-corrected chi connectivity index (χ1v) is 6.83. The molecular formula is C13H13F2NO4S. The topological polar surface area (TPSA) is 71.7 Å². The Kier molecular flexibility index (Phi) is 4.92. The van der Waals surface area contributed by atoms with Gasteiger partial charge in [0.15, 0.2) is 0 Å². The highest BCUT2D eigenvalue weighted by Gasteiger charge is 2.23. The smallest absolute Gasteiger partial charge is 0.387 e. The highest BCUT2D eigenvalue weighted by atomic mass is 32.1. The first kappa shape index (κ1) is 15.5. The molecule has 0 fully saturated rings. The van der Waals surface area contributed by atoms with E-state index in [9.17, 15) is 18.7 Å². The van der Waals surface area contributed by atoms with Crippen molar-refractivity contribution in [2.75, 3.05) is 6.61 Å². The van der Waals surface area contributed by atoms with Crippen molar-refractivity contribution in [2.45, 2.75) is 19.6 Å². The number of carbonyl (C=O) groups is 1. The minimum Gasteiger partial charge on any atom is -0.467 e. The van der Waals surface area contributed by atoms with Gasteiger partial charge in [0, 0.05) is 4.88 Å². The van der Waals surface area contributed by atoms with Crippen LogP contribution in [0.2, 0.25) is 0 Å². The molecule has 21 heavy (non-hydrogen) atoms. The number of hydrogen-bond donors (Lipinski definition) is 2. The van der Waals surface area contributed by atoms with E-state index in [0.29, 0.717) is 10.6 Å². The second kappa shape index (κ2) is 6.68. The Hall–Kier alpha value is -1.93. The second-order valence-corrected chi connectivity index (χ2v) is 5.41. The predicted molar refractivity (Wildman–Crippen MR) is 71.7 cm³/mol. The number of alkyl halides is 2. The fourth-order valence-electron chi connectivity index (χ4n) is 1.75. The molecule has 1 atom stereocenters. The average molecular weight is 317 g/mol. The van der Waals surface area contributed by atoms with Gasteiger partial charge in [0.05, 0.1) is 12.9 Å². The number of aryl methyl sites for hydroxylation is 1. The van der Waals surface area contributed by atoms with Gasteiger partial charge in [-0.2, -0.15) is 8.78 Å². The van der Waals surface area contributed by atoms with Gasteiger partial charge in [-0.1, -0.05) is 0 Å². The van der Waals surface area contributed by atoms with Crippen LogP contribution in [0, 0.1) is 6.92 Å². The summed E-state index contributed by atoms with van der Waals surface area (Å²) in [6.45, 7) is -1.71. The zero-order chi connectivity index (χ0) is 15.4. The first-order valence-electron chi connectivity index (χ1n) is 6.01. The molecule has 8 heteroatoms. The molecule has 114 valence electrons. The van der Waals surface area contributed by atoms with Crippen molar-refractivity contribution in [3.05, 3.63) is 40.0 Å². The van der Waals surface area contributed by atoms with Gasteiger partial charge in [0.25, 0.3) is 5.91 Å². The third-order valence-corrected chi connectivity index (χ3v) is 3.65. The summed E-state index contributed by atoms with van der Waals surface area (Å²) in [6.07, 6.45) is 1.41. The minimum absolute atomic E-state index is 0.0257. The van der Waals surface area contributed by atoms with Crippen molar-refractivity contribution < 1.29 is 27.8 Å². The largest absolute Gasteiger partial charge is 0.467 e.